The molecule has 1 fully saturated rings. The van der Waals surface area contributed by atoms with Gasteiger partial charge in [0.15, 0.2) is 5.82 Å². The Bertz CT molecular complexity index is 323. The van der Waals surface area contributed by atoms with Crippen LogP contribution in [-0.4, -0.2) is 37.8 Å². The van der Waals surface area contributed by atoms with Crippen molar-refractivity contribution in [2.75, 3.05) is 6.26 Å². The molecular formula is C10H19N5S. The Morgan fingerprint density at radius 2 is 2.38 bits per heavy atom. The van der Waals surface area contributed by atoms with E-state index in [1.54, 1.807) is 0 Å². The molecule has 0 aromatic carbocycles. The van der Waals surface area contributed by atoms with E-state index in [4.69, 9.17) is 0 Å². The van der Waals surface area contributed by atoms with Crippen molar-refractivity contribution in [2.24, 2.45) is 0 Å². The number of aryl methyl sites for hydroxylation is 1. The highest BCUT2D eigenvalue weighted by Gasteiger charge is 2.21. The van der Waals surface area contributed by atoms with Crippen molar-refractivity contribution < 1.29 is 0 Å². The van der Waals surface area contributed by atoms with Gasteiger partial charge in [-0.2, -0.15) is 11.8 Å². The van der Waals surface area contributed by atoms with Gasteiger partial charge in [-0.1, -0.05) is 6.92 Å². The van der Waals surface area contributed by atoms with E-state index in [2.05, 4.69) is 34.0 Å². The molecule has 0 bridgehead atoms. The van der Waals surface area contributed by atoms with Crippen molar-refractivity contribution in [1.82, 2.24) is 25.5 Å². The van der Waals surface area contributed by atoms with E-state index in [-0.39, 0.29) is 0 Å². The molecule has 0 amide bonds. The molecular weight excluding hydrogens is 222 g/mol. The Labute approximate surface area is 100 Å². The third-order valence-corrected chi connectivity index (χ3v) is 3.92. The SMILES string of the molecule is CSC(C)CCn1nnnc1CNC1CC1. The van der Waals surface area contributed by atoms with E-state index < -0.39 is 0 Å². The van der Waals surface area contributed by atoms with E-state index in [0.29, 0.717) is 11.3 Å². The highest BCUT2D eigenvalue weighted by atomic mass is 32.2. The predicted octanol–water partition coefficient (Wildman–Crippen LogP) is 1.07. The van der Waals surface area contributed by atoms with Gasteiger partial charge in [0.05, 0.1) is 6.54 Å². The molecule has 0 saturated heterocycles. The molecule has 1 saturated carbocycles. The van der Waals surface area contributed by atoms with E-state index in [0.717, 1.165) is 25.3 Å². The van der Waals surface area contributed by atoms with Gasteiger partial charge < -0.3 is 5.32 Å². The standard InChI is InChI=1S/C10H19N5S/c1-8(16-2)5-6-15-10(12-13-14-15)7-11-9-3-4-9/h8-9,11H,3-7H2,1-2H3. The summed E-state index contributed by atoms with van der Waals surface area (Å²) in [5.74, 6) is 0.959. The molecule has 0 radical (unpaired) electrons. The Morgan fingerprint density at radius 1 is 1.56 bits per heavy atom. The summed E-state index contributed by atoms with van der Waals surface area (Å²) >= 11 is 1.88. The Balaban J connectivity index is 1.80. The third-order valence-electron chi connectivity index (χ3n) is 2.88. The Morgan fingerprint density at radius 3 is 3.06 bits per heavy atom. The fraction of sp³-hybridized carbons (Fsp3) is 0.900. The van der Waals surface area contributed by atoms with Gasteiger partial charge in [-0.15, -0.1) is 5.10 Å². The highest BCUT2D eigenvalue weighted by molar-refractivity contribution is 7.99. The zero-order valence-corrected chi connectivity index (χ0v) is 10.7. The zero-order chi connectivity index (χ0) is 11.4. The fourth-order valence-electron chi connectivity index (χ4n) is 1.47. The van der Waals surface area contributed by atoms with Crippen molar-refractivity contribution in [3.05, 3.63) is 5.82 Å². The molecule has 0 spiro atoms. The molecule has 6 heteroatoms. The average Bonchev–Trinajstić information content (AvgIpc) is 3.02. The van der Waals surface area contributed by atoms with Gasteiger partial charge in [0, 0.05) is 17.8 Å². The number of rotatable bonds is 7. The van der Waals surface area contributed by atoms with Crippen LogP contribution in [0.4, 0.5) is 0 Å². The maximum atomic E-state index is 4.05. The van der Waals surface area contributed by atoms with Gasteiger partial charge >= 0.3 is 0 Å². The van der Waals surface area contributed by atoms with Gasteiger partial charge in [0.25, 0.3) is 0 Å². The summed E-state index contributed by atoms with van der Waals surface area (Å²) in [5, 5.41) is 15.9. The maximum Gasteiger partial charge on any atom is 0.165 e. The lowest BCUT2D eigenvalue weighted by atomic mass is 10.3. The summed E-state index contributed by atoms with van der Waals surface area (Å²) in [5.41, 5.74) is 0. The molecule has 2 rings (SSSR count). The highest BCUT2D eigenvalue weighted by Crippen LogP contribution is 2.19. The quantitative estimate of drug-likeness (QED) is 0.774. The van der Waals surface area contributed by atoms with Crippen LogP contribution in [0.3, 0.4) is 0 Å². The second-order valence-corrected chi connectivity index (χ2v) is 5.58. The van der Waals surface area contributed by atoms with Crippen LogP contribution >= 0.6 is 11.8 Å². The summed E-state index contributed by atoms with van der Waals surface area (Å²) in [6, 6.07) is 0.704. The molecule has 5 nitrogen and oxygen atoms in total. The minimum absolute atomic E-state index is 0.661. The topological polar surface area (TPSA) is 55.6 Å². The first-order chi connectivity index (χ1) is 7.79. The largest absolute Gasteiger partial charge is 0.307 e. The first kappa shape index (κ1) is 11.9. The molecule has 1 heterocycles. The zero-order valence-electron chi connectivity index (χ0n) is 9.89. The number of nitrogens with one attached hydrogen (secondary N) is 1. The van der Waals surface area contributed by atoms with Crippen LogP contribution in [0, 0.1) is 0 Å². The van der Waals surface area contributed by atoms with Crippen molar-refractivity contribution in [1.29, 1.82) is 0 Å². The van der Waals surface area contributed by atoms with Gasteiger partial charge in [-0.3, -0.25) is 0 Å². The number of hydrogen-bond acceptors (Lipinski definition) is 5. The van der Waals surface area contributed by atoms with E-state index in [9.17, 15) is 0 Å². The lowest BCUT2D eigenvalue weighted by molar-refractivity contribution is 0.520. The number of hydrogen-bond donors (Lipinski definition) is 1. The van der Waals surface area contributed by atoms with Crippen LogP contribution in [0.2, 0.25) is 0 Å². The molecule has 16 heavy (non-hydrogen) atoms. The Kier molecular flexibility index (Phi) is 4.17. The van der Waals surface area contributed by atoms with Crippen LogP contribution in [-0.2, 0) is 13.1 Å². The fourth-order valence-corrected chi connectivity index (χ4v) is 1.81. The van der Waals surface area contributed by atoms with E-state index in [1.807, 2.05) is 16.4 Å². The second kappa shape index (κ2) is 5.63. The maximum absolute atomic E-state index is 4.05. The average molecular weight is 241 g/mol. The van der Waals surface area contributed by atoms with Crippen LogP contribution in [0.5, 0.6) is 0 Å². The van der Waals surface area contributed by atoms with Crippen molar-refractivity contribution in [3.63, 3.8) is 0 Å². The molecule has 1 unspecified atom stereocenters. The molecule has 1 N–H and O–H groups in total. The van der Waals surface area contributed by atoms with E-state index >= 15 is 0 Å². The summed E-state index contributed by atoms with van der Waals surface area (Å²) in [6.45, 7) is 3.94. The minimum atomic E-state index is 0.661. The molecule has 1 aliphatic rings. The summed E-state index contributed by atoms with van der Waals surface area (Å²) in [7, 11) is 0. The number of nitrogens with zero attached hydrogens (tertiary/aromatic N) is 4. The molecule has 1 aromatic rings. The molecule has 1 aromatic heterocycles. The van der Waals surface area contributed by atoms with E-state index in [1.165, 1.54) is 12.8 Å². The van der Waals surface area contributed by atoms with Gasteiger partial charge in [0.1, 0.15) is 0 Å². The molecule has 1 aliphatic carbocycles. The third kappa shape index (κ3) is 3.45. The molecule has 1 atom stereocenters. The minimum Gasteiger partial charge on any atom is -0.307 e. The lowest BCUT2D eigenvalue weighted by Gasteiger charge is -2.09. The Hall–Kier alpha value is -0.620. The second-order valence-electron chi connectivity index (χ2n) is 4.31. The van der Waals surface area contributed by atoms with Crippen LogP contribution in [0.15, 0.2) is 0 Å². The van der Waals surface area contributed by atoms with Crippen molar-refractivity contribution >= 4 is 11.8 Å². The first-order valence-electron chi connectivity index (χ1n) is 5.81. The van der Waals surface area contributed by atoms with Crippen LogP contribution in [0.1, 0.15) is 32.0 Å². The number of thioether (sulfide) groups is 1. The first-order valence-corrected chi connectivity index (χ1v) is 7.09. The van der Waals surface area contributed by atoms with Crippen molar-refractivity contribution in [2.45, 2.75) is 50.6 Å². The van der Waals surface area contributed by atoms with Gasteiger partial charge in [-0.05, 0) is 35.9 Å². The molecule has 0 aliphatic heterocycles. The molecule has 90 valence electrons. The number of aromatic nitrogens is 4. The van der Waals surface area contributed by atoms with Gasteiger partial charge in [0.2, 0.25) is 0 Å². The summed E-state index contributed by atoms with van der Waals surface area (Å²) in [6.07, 6.45) is 5.85. The number of tetrazole rings is 1. The lowest BCUT2D eigenvalue weighted by Crippen LogP contribution is -2.20. The summed E-state index contributed by atoms with van der Waals surface area (Å²) in [4.78, 5) is 0. The van der Waals surface area contributed by atoms with Crippen LogP contribution in [0.25, 0.3) is 0 Å². The monoisotopic (exact) mass is 241 g/mol. The van der Waals surface area contributed by atoms with Gasteiger partial charge in [-0.25, -0.2) is 4.68 Å². The van der Waals surface area contributed by atoms with Crippen LogP contribution < -0.4 is 5.32 Å². The van der Waals surface area contributed by atoms with Crippen molar-refractivity contribution in [3.8, 4) is 0 Å². The normalized spacial score (nSPS) is 17.6. The summed E-state index contributed by atoms with van der Waals surface area (Å²) < 4.78 is 1.92. The smallest absolute Gasteiger partial charge is 0.165 e. The predicted molar refractivity (Wildman–Crippen MR) is 65.3 cm³/mol.